The van der Waals surface area contributed by atoms with Crippen molar-refractivity contribution in [2.24, 2.45) is 20.5 Å². The highest BCUT2D eigenvalue weighted by molar-refractivity contribution is 7.20. The molecule has 0 amide bonds. The summed E-state index contributed by atoms with van der Waals surface area (Å²) in [4.78, 5) is 57.7. The summed E-state index contributed by atoms with van der Waals surface area (Å²) in [6.45, 7) is 35.1. The molecule has 0 spiro atoms. The fourth-order valence-corrected chi connectivity index (χ4v) is 8.96. The van der Waals surface area contributed by atoms with Crippen molar-refractivity contribution in [3.05, 3.63) is 194 Å². The van der Waals surface area contributed by atoms with Crippen LogP contribution in [0.1, 0.15) is 60.0 Å². The van der Waals surface area contributed by atoms with Crippen molar-refractivity contribution >= 4 is 95.5 Å². The molecule has 0 bridgehead atoms. The Morgan fingerprint density at radius 2 is 1.15 bits per heavy atom. The number of azo groups is 2. The van der Waals surface area contributed by atoms with Gasteiger partial charge in [0.25, 0.3) is 0 Å². The molecular weight excluding hydrogens is 1080 g/mol. The molecule has 0 radical (unpaired) electrons. The van der Waals surface area contributed by atoms with E-state index in [1.165, 1.54) is 23.8 Å². The molecule has 1 aliphatic rings. The van der Waals surface area contributed by atoms with E-state index in [9.17, 15) is 24.4 Å². The summed E-state index contributed by atoms with van der Waals surface area (Å²) in [7, 11) is 0. The second-order valence-corrected chi connectivity index (χ2v) is 19.1. The highest BCUT2D eigenvalue weighted by Gasteiger charge is 2.18. The Bertz CT molecular complexity index is 3400. The smallest absolute Gasteiger partial charge is 0.338 e. The van der Waals surface area contributed by atoms with Crippen LogP contribution in [0, 0.1) is 58.7 Å². The van der Waals surface area contributed by atoms with Crippen LogP contribution in [0.3, 0.4) is 0 Å². The van der Waals surface area contributed by atoms with Gasteiger partial charge < -0.3 is 33.9 Å². The molecule has 0 saturated heterocycles. The van der Waals surface area contributed by atoms with E-state index in [1.807, 2.05) is 80.6 Å². The molecule has 0 atom stereocenters. The van der Waals surface area contributed by atoms with Gasteiger partial charge in [-0.15, -0.1) is 22.7 Å². The lowest BCUT2D eigenvalue weighted by Gasteiger charge is -2.25. The number of rotatable bonds is 23. The SMILES string of the molecule is C.C.O=C1C=CC(=O)O1.[C-]#[N+]c1c(N=Nc2ccc(N(CCOCCOC(=O)/C=C\C(C)=O)Cc3ccccc3)cc2C)sc(C#N)c1C.[C-]#[N+]c1sc(N=Nc2ccc(N(CCOCCO)Cc3ccccc3)cc2C)c([N+]#[C-])c1C. The van der Waals surface area contributed by atoms with Gasteiger partial charge in [-0.05, 0) is 104 Å². The van der Waals surface area contributed by atoms with Crippen molar-refractivity contribution in [3.63, 3.8) is 0 Å². The minimum Gasteiger partial charge on any atom is -0.460 e. The van der Waals surface area contributed by atoms with Crippen LogP contribution >= 0.6 is 22.7 Å². The number of anilines is 2. The first-order valence-electron chi connectivity index (χ1n) is 24.7. The Balaban J connectivity index is 0.000000380. The van der Waals surface area contributed by atoms with Crippen molar-refractivity contribution in [1.29, 1.82) is 5.26 Å². The Morgan fingerprint density at radius 1 is 0.659 bits per heavy atom. The second-order valence-electron chi connectivity index (χ2n) is 17.1. The lowest BCUT2D eigenvalue weighted by Crippen LogP contribution is -2.27. The topological polar surface area (TPSA) is 218 Å². The number of nitriles is 1. The number of benzene rings is 4. The zero-order valence-electron chi connectivity index (χ0n) is 44.6. The zero-order chi connectivity index (χ0) is 57.8. The van der Waals surface area contributed by atoms with Crippen LogP contribution in [0.2, 0.25) is 0 Å². The zero-order valence-corrected chi connectivity index (χ0v) is 46.3. The van der Waals surface area contributed by atoms with E-state index in [4.69, 9.17) is 39.0 Å². The van der Waals surface area contributed by atoms with Crippen molar-refractivity contribution < 1.29 is 43.2 Å². The Kier molecular flexibility index (Phi) is 28.8. The summed E-state index contributed by atoms with van der Waals surface area (Å²) in [6, 6.07) is 34.2. The van der Waals surface area contributed by atoms with Gasteiger partial charge in [0.2, 0.25) is 16.4 Å². The molecule has 6 aromatic rings. The largest absolute Gasteiger partial charge is 0.460 e. The first kappa shape index (κ1) is 67.0. The number of aliphatic hydroxyl groups is 1. The molecule has 1 N–H and O–H groups in total. The molecule has 1 aliphatic heterocycles. The number of hydrogen-bond donors (Lipinski definition) is 1. The van der Waals surface area contributed by atoms with E-state index in [0.717, 1.165) is 70.3 Å². The first-order valence-corrected chi connectivity index (χ1v) is 26.3. The predicted molar refractivity (Wildman–Crippen MR) is 321 cm³/mol. The van der Waals surface area contributed by atoms with Crippen molar-refractivity contribution in [3.8, 4) is 6.07 Å². The molecule has 21 heteroatoms. The summed E-state index contributed by atoms with van der Waals surface area (Å²) >= 11 is 2.35. The van der Waals surface area contributed by atoms with Crippen LogP contribution < -0.4 is 9.80 Å². The minimum absolute atomic E-state index is 0. The fourth-order valence-electron chi connectivity index (χ4n) is 7.24. The number of carbonyl (C=O) groups is 4. The van der Waals surface area contributed by atoms with Crippen molar-refractivity contribution in [2.75, 3.05) is 62.5 Å². The van der Waals surface area contributed by atoms with Crippen LogP contribution in [0.4, 0.5) is 49.1 Å². The van der Waals surface area contributed by atoms with Gasteiger partial charge in [0.1, 0.15) is 22.7 Å². The van der Waals surface area contributed by atoms with Gasteiger partial charge in [-0.25, -0.2) is 28.9 Å². The summed E-state index contributed by atoms with van der Waals surface area (Å²) in [5.74, 6) is -1.96. The van der Waals surface area contributed by atoms with E-state index >= 15 is 0 Å². The Morgan fingerprint density at radius 3 is 1.57 bits per heavy atom. The second kappa shape index (κ2) is 35.3. The maximum absolute atomic E-state index is 11.6. The highest BCUT2D eigenvalue weighted by Crippen LogP contribution is 2.47. The molecule has 0 saturated carbocycles. The average Bonchev–Trinajstić information content (AvgIpc) is 4.17. The van der Waals surface area contributed by atoms with Crippen LogP contribution in [0.25, 0.3) is 14.5 Å². The minimum atomic E-state index is -0.581. The number of nitrogens with zero attached hydrogens (tertiary/aromatic N) is 10. The van der Waals surface area contributed by atoms with Gasteiger partial charge in [0, 0.05) is 55.8 Å². The highest BCUT2D eigenvalue weighted by atomic mass is 32.1. The van der Waals surface area contributed by atoms with E-state index in [0.29, 0.717) is 93.2 Å². The van der Waals surface area contributed by atoms with Crippen LogP contribution in [-0.4, -0.2) is 81.5 Å². The quantitative estimate of drug-likeness (QED) is 0.0158. The standard InChI is InChI=1S/C30H29N5O4S.C25H25N5O2S.C4H2O3.2CH4/c1-21-18-25(11-12-26(21)33-34-30-29(32-4)23(3)27(19-31)40-30)35(20-24-8-6-5-7-9-24)14-15-38-16-17-39-28(37)13-10-22(2)36;1-18-16-21(30(12-14-32-15-13-31)17-20-8-6-5-7-9-20)10-11-22(18)28-29-25-23(26-3)19(2)24(27-4)33-25;5-3-1-2-4(6)7-3;;/h5-13,18H,14-17,20H2,1-3H3;5-11,16,31H,12-15,17H2,1-2H3;1-2H;2*1H4/b13-10-,34-33?;;;;. The average molecular weight is 1150 g/mol. The van der Waals surface area contributed by atoms with Gasteiger partial charge in [0.15, 0.2) is 5.78 Å². The summed E-state index contributed by atoms with van der Waals surface area (Å²) < 4.78 is 20.2. The molecule has 3 heterocycles. The van der Waals surface area contributed by atoms with E-state index in [2.05, 4.69) is 85.9 Å². The molecule has 19 nitrogen and oxygen atoms in total. The molecule has 0 aliphatic carbocycles. The molecule has 424 valence electrons. The van der Waals surface area contributed by atoms with Gasteiger partial charge >= 0.3 is 17.9 Å². The van der Waals surface area contributed by atoms with Gasteiger partial charge in [0.05, 0.1) is 69.0 Å². The number of aliphatic hydroxyl groups excluding tert-OH is 1. The number of thiophene rings is 2. The first-order chi connectivity index (χ1) is 38.7. The van der Waals surface area contributed by atoms with Crippen LogP contribution in [0.15, 0.2) is 142 Å². The lowest BCUT2D eigenvalue weighted by atomic mass is 10.1. The molecule has 0 fully saturated rings. The monoisotopic (exact) mass is 1140 g/mol. The maximum atomic E-state index is 11.6. The molecule has 0 unspecified atom stereocenters. The predicted octanol–water partition coefficient (Wildman–Crippen LogP) is 14.7. The number of carbonyl (C=O) groups excluding carboxylic acids is 4. The molecule has 2 aromatic heterocycles. The van der Waals surface area contributed by atoms with E-state index in [-0.39, 0.29) is 40.5 Å². The number of aryl methyl sites for hydroxylation is 2. The molecule has 7 rings (SSSR count). The third-order valence-electron chi connectivity index (χ3n) is 11.3. The Labute approximate surface area is 487 Å². The number of hydrogen-bond acceptors (Lipinski definition) is 18. The lowest BCUT2D eigenvalue weighted by molar-refractivity contribution is -0.150. The third-order valence-corrected chi connectivity index (χ3v) is 13.5. The van der Waals surface area contributed by atoms with Gasteiger partial charge in [-0.2, -0.15) is 25.7 Å². The maximum Gasteiger partial charge on any atom is 0.338 e. The summed E-state index contributed by atoms with van der Waals surface area (Å²) in [5, 5.41) is 36.9. The number of ketones is 1. The van der Waals surface area contributed by atoms with E-state index in [1.54, 1.807) is 13.8 Å². The van der Waals surface area contributed by atoms with Crippen LogP contribution in [0.5, 0.6) is 0 Å². The summed E-state index contributed by atoms with van der Waals surface area (Å²) in [5.41, 5.74) is 9.62. The normalized spacial score (nSPS) is 11.2. The van der Waals surface area contributed by atoms with Crippen LogP contribution in [-0.2, 0) is 51.2 Å². The molecule has 82 heavy (non-hydrogen) atoms. The number of esters is 3. The molecular formula is C61H64N10O9S2. The number of ether oxygens (including phenoxy) is 4. The molecule has 4 aromatic carbocycles. The number of allylic oxidation sites excluding steroid dienone is 1. The van der Waals surface area contributed by atoms with Crippen molar-refractivity contribution in [2.45, 2.75) is 62.6 Å². The van der Waals surface area contributed by atoms with E-state index < -0.39 is 17.9 Å². The third kappa shape index (κ3) is 21.1. The van der Waals surface area contributed by atoms with Crippen molar-refractivity contribution in [1.82, 2.24) is 0 Å². The Hall–Kier alpha value is -9.32. The van der Waals surface area contributed by atoms with Gasteiger partial charge in [-0.1, -0.05) is 82.4 Å². The summed E-state index contributed by atoms with van der Waals surface area (Å²) in [6.07, 6.45) is 4.44. The van der Waals surface area contributed by atoms with Gasteiger partial charge in [-0.3, -0.25) is 4.79 Å². The fraction of sp³-hybridized carbons (Fsp3) is 0.279. The number of cyclic esters (lactones) is 2.